The molecule has 0 amide bonds. The third-order valence-corrected chi connectivity index (χ3v) is 2.86. The van der Waals surface area contributed by atoms with Gasteiger partial charge in [0, 0.05) is 20.1 Å². The minimum Gasteiger partial charge on any atom is -0.341 e. The molecule has 0 saturated carbocycles. The Bertz CT molecular complexity index is 334. The first-order valence-corrected chi connectivity index (χ1v) is 5.06. The first kappa shape index (κ1) is 8.74. The molecule has 0 spiro atoms. The molecule has 1 fully saturated rings. The molecule has 0 radical (unpaired) electrons. The number of nitrogens with zero attached hydrogens (tertiary/aromatic N) is 3. The van der Waals surface area contributed by atoms with Crippen LogP contribution in [0.4, 0.5) is 5.95 Å². The Morgan fingerprint density at radius 2 is 2.00 bits per heavy atom. The van der Waals surface area contributed by atoms with Crippen molar-refractivity contribution in [2.75, 3.05) is 18.0 Å². The molecule has 13 heavy (non-hydrogen) atoms. The lowest BCUT2D eigenvalue weighted by Crippen LogP contribution is -2.31. The van der Waals surface area contributed by atoms with Gasteiger partial charge in [-0.1, -0.05) is 0 Å². The van der Waals surface area contributed by atoms with Crippen molar-refractivity contribution in [3.8, 4) is 0 Å². The normalized spacial score (nSPS) is 17.8. The minimum absolute atomic E-state index is 0.695. The van der Waals surface area contributed by atoms with Crippen molar-refractivity contribution in [2.24, 2.45) is 7.05 Å². The molecule has 0 aliphatic carbocycles. The highest BCUT2D eigenvalue weighted by Crippen LogP contribution is 2.16. The van der Waals surface area contributed by atoms with Gasteiger partial charge in [0.15, 0.2) is 4.77 Å². The molecule has 2 heterocycles. The predicted molar refractivity (Wildman–Crippen MR) is 54.5 cm³/mol. The lowest BCUT2D eigenvalue weighted by atomic mass is 10.1. The average molecular weight is 198 g/mol. The first-order valence-electron chi connectivity index (χ1n) is 4.65. The van der Waals surface area contributed by atoms with Crippen molar-refractivity contribution >= 4 is 18.2 Å². The fourth-order valence-corrected chi connectivity index (χ4v) is 1.84. The van der Waals surface area contributed by atoms with Gasteiger partial charge in [-0.05, 0) is 31.5 Å². The van der Waals surface area contributed by atoms with Crippen LogP contribution in [0.3, 0.4) is 0 Å². The summed E-state index contributed by atoms with van der Waals surface area (Å²) < 4.78 is 2.63. The van der Waals surface area contributed by atoms with E-state index in [1.807, 2.05) is 11.6 Å². The molecule has 1 aromatic heterocycles. The molecule has 1 saturated heterocycles. The number of rotatable bonds is 1. The van der Waals surface area contributed by atoms with Crippen LogP contribution in [0.2, 0.25) is 0 Å². The van der Waals surface area contributed by atoms with Gasteiger partial charge in [-0.2, -0.15) is 0 Å². The fourth-order valence-electron chi connectivity index (χ4n) is 1.72. The molecular weight excluding hydrogens is 184 g/mol. The lowest BCUT2D eigenvalue weighted by Gasteiger charge is -2.26. The second kappa shape index (κ2) is 3.49. The maximum atomic E-state index is 5.06. The van der Waals surface area contributed by atoms with Crippen LogP contribution in [0, 0.1) is 4.77 Å². The number of nitrogens with one attached hydrogen (secondary N) is 1. The summed E-state index contributed by atoms with van der Waals surface area (Å²) in [6.45, 7) is 2.21. The summed E-state index contributed by atoms with van der Waals surface area (Å²) in [7, 11) is 1.95. The number of aromatic nitrogens is 3. The largest absolute Gasteiger partial charge is 0.341 e. The minimum atomic E-state index is 0.695. The van der Waals surface area contributed by atoms with Crippen LogP contribution < -0.4 is 4.90 Å². The number of anilines is 1. The van der Waals surface area contributed by atoms with Gasteiger partial charge in [-0.25, -0.2) is 5.10 Å². The van der Waals surface area contributed by atoms with E-state index in [0.717, 1.165) is 19.0 Å². The zero-order valence-electron chi connectivity index (χ0n) is 7.79. The molecule has 0 atom stereocenters. The van der Waals surface area contributed by atoms with Crippen molar-refractivity contribution in [2.45, 2.75) is 19.3 Å². The standard InChI is InChI=1S/C8H14N4S/c1-11-7(9-10-8(11)13)12-5-3-2-4-6-12/h2-6H2,1H3,(H,10,13). The second-order valence-corrected chi connectivity index (χ2v) is 3.82. The molecule has 72 valence electrons. The molecular formula is C8H14N4S. The van der Waals surface area contributed by atoms with Crippen LogP contribution in [0.5, 0.6) is 0 Å². The van der Waals surface area contributed by atoms with Gasteiger partial charge in [0.1, 0.15) is 0 Å². The Balaban J connectivity index is 2.23. The number of piperidine rings is 1. The molecule has 1 aliphatic heterocycles. The summed E-state index contributed by atoms with van der Waals surface area (Å²) in [5.41, 5.74) is 0. The lowest BCUT2D eigenvalue weighted by molar-refractivity contribution is 0.561. The van der Waals surface area contributed by atoms with Gasteiger partial charge < -0.3 is 4.90 Å². The van der Waals surface area contributed by atoms with Gasteiger partial charge >= 0.3 is 0 Å². The zero-order valence-corrected chi connectivity index (χ0v) is 8.60. The summed E-state index contributed by atoms with van der Waals surface area (Å²) in [4.78, 5) is 2.29. The van der Waals surface area contributed by atoms with E-state index in [0.29, 0.717) is 4.77 Å². The van der Waals surface area contributed by atoms with E-state index in [-0.39, 0.29) is 0 Å². The Hall–Kier alpha value is -0.840. The highest BCUT2D eigenvalue weighted by molar-refractivity contribution is 7.71. The van der Waals surface area contributed by atoms with Crippen molar-refractivity contribution in [3.63, 3.8) is 0 Å². The Kier molecular flexibility index (Phi) is 2.35. The van der Waals surface area contributed by atoms with Crippen molar-refractivity contribution in [1.82, 2.24) is 14.8 Å². The summed E-state index contributed by atoms with van der Waals surface area (Å²) in [6, 6.07) is 0. The zero-order chi connectivity index (χ0) is 9.26. The summed E-state index contributed by atoms with van der Waals surface area (Å²) in [5.74, 6) is 0.977. The van der Waals surface area contributed by atoms with E-state index in [9.17, 15) is 0 Å². The molecule has 0 aromatic carbocycles. The van der Waals surface area contributed by atoms with Crippen LogP contribution in [-0.2, 0) is 7.05 Å². The molecule has 5 heteroatoms. The summed E-state index contributed by atoms with van der Waals surface area (Å²) in [6.07, 6.45) is 3.87. The van der Waals surface area contributed by atoms with E-state index in [1.54, 1.807) is 0 Å². The molecule has 0 bridgehead atoms. The van der Waals surface area contributed by atoms with Crippen LogP contribution in [-0.4, -0.2) is 27.9 Å². The summed E-state index contributed by atoms with van der Waals surface area (Å²) in [5, 5.41) is 7.02. The van der Waals surface area contributed by atoms with E-state index < -0.39 is 0 Å². The third-order valence-electron chi connectivity index (χ3n) is 2.50. The predicted octanol–water partition coefficient (Wildman–Crippen LogP) is 1.47. The number of hydrogen-bond acceptors (Lipinski definition) is 3. The highest BCUT2D eigenvalue weighted by Gasteiger charge is 2.14. The van der Waals surface area contributed by atoms with Crippen LogP contribution >= 0.6 is 12.2 Å². The highest BCUT2D eigenvalue weighted by atomic mass is 32.1. The molecule has 1 N–H and O–H groups in total. The van der Waals surface area contributed by atoms with E-state index >= 15 is 0 Å². The number of H-pyrrole nitrogens is 1. The topological polar surface area (TPSA) is 36.9 Å². The molecule has 4 nitrogen and oxygen atoms in total. The van der Waals surface area contributed by atoms with Gasteiger partial charge in [-0.15, -0.1) is 5.10 Å². The maximum Gasteiger partial charge on any atom is 0.225 e. The first-order chi connectivity index (χ1) is 6.29. The van der Waals surface area contributed by atoms with Gasteiger partial charge in [0.2, 0.25) is 5.95 Å². The van der Waals surface area contributed by atoms with Gasteiger partial charge in [-0.3, -0.25) is 4.57 Å². The maximum absolute atomic E-state index is 5.06. The summed E-state index contributed by atoms with van der Waals surface area (Å²) >= 11 is 5.06. The molecule has 2 rings (SSSR count). The number of hydrogen-bond donors (Lipinski definition) is 1. The SMILES string of the molecule is Cn1c(N2CCCCC2)n[nH]c1=S. The fraction of sp³-hybridized carbons (Fsp3) is 0.750. The second-order valence-electron chi connectivity index (χ2n) is 3.44. The van der Waals surface area contributed by atoms with Crippen LogP contribution in [0.1, 0.15) is 19.3 Å². The van der Waals surface area contributed by atoms with Crippen molar-refractivity contribution < 1.29 is 0 Å². The Morgan fingerprint density at radius 3 is 2.54 bits per heavy atom. The quantitative estimate of drug-likeness (QED) is 0.694. The third kappa shape index (κ3) is 1.60. The van der Waals surface area contributed by atoms with E-state index in [4.69, 9.17) is 12.2 Å². The molecule has 0 unspecified atom stereocenters. The molecule has 1 aliphatic rings. The van der Waals surface area contributed by atoms with Gasteiger partial charge in [0.05, 0.1) is 0 Å². The Morgan fingerprint density at radius 1 is 1.31 bits per heavy atom. The Labute approximate surface area is 82.6 Å². The smallest absolute Gasteiger partial charge is 0.225 e. The van der Waals surface area contributed by atoms with Crippen molar-refractivity contribution in [3.05, 3.63) is 4.77 Å². The number of aromatic amines is 1. The molecule has 1 aromatic rings. The van der Waals surface area contributed by atoms with Crippen LogP contribution in [0.15, 0.2) is 0 Å². The van der Waals surface area contributed by atoms with E-state index in [1.165, 1.54) is 19.3 Å². The van der Waals surface area contributed by atoms with Gasteiger partial charge in [0.25, 0.3) is 0 Å². The van der Waals surface area contributed by atoms with Crippen molar-refractivity contribution in [1.29, 1.82) is 0 Å². The van der Waals surface area contributed by atoms with E-state index in [2.05, 4.69) is 15.1 Å². The monoisotopic (exact) mass is 198 g/mol. The average Bonchev–Trinajstić information content (AvgIpc) is 2.49. The van der Waals surface area contributed by atoms with Crippen LogP contribution in [0.25, 0.3) is 0 Å².